The summed E-state index contributed by atoms with van der Waals surface area (Å²) in [6.07, 6.45) is 3.56. The standard InChI is InChI=1S/C15H19N5O2S/c1-10-3-5-16-13(17-10)22-12-4-6-21-15(7-12)8-20(9-15)14-19-18-11(2)23-14/h3,5,12H,4,6-9H2,1-2H3/t12-/m0/s1. The number of anilines is 1. The maximum Gasteiger partial charge on any atom is 0.316 e. The summed E-state index contributed by atoms with van der Waals surface area (Å²) >= 11 is 1.62. The molecule has 8 heteroatoms. The number of ether oxygens (including phenoxy) is 2. The van der Waals surface area contributed by atoms with Gasteiger partial charge in [0, 0.05) is 24.7 Å². The Morgan fingerprint density at radius 2 is 2.22 bits per heavy atom. The molecule has 1 atom stereocenters. The van der Waals surface area contributed by atoms with Gasteiger partial charge in [-0.2, -0.15) is 0 Å². The molecule has 2 saturated heterocycles. The zero-order valence-electron chi connectivity index (χ0n) is 13.2. The normalized spacial score (nSPS) is 22.9. The molecule has 0 unspecified atom stereocenters. The van der Waals surface area contributed by atoms with Crippen molar-refractivity contribution in [3.8, 4) is 6.01 Å². The second kappa shape index (κ2) is 5.68. The van der Waals surface area contributed by atoms with Gasteiger partial charge in [-0.15, -0.1) is 10.2 Å². The molecule has 0 bridgehead atoms. The van der Waals surface area contributed by atoms with Crippen LogP contribution in [0.15, 0.2) is 12.3 Å². The van der Waals surface area contributed by atoms with Gasteiger partial charge in [-0.25, -0.2) is 9.97 Å². The predicted octanol–water partition coefficient (Wildman–Crippen LogP) is 1.76. The molecule has 1 spiro atoms. The lowest BCUT2D eigenvalue weighted by Crippen LogP contribution is -2.66. The fraction of sp³-hybridized carbons (Fsp3) is 0.600. The van der Waals surface area contributed by atoms with Crippen LogP contribution in [0.1, 0.15) is 23.5 Å². The van der Waals surface area contributed by atoms with Crippen LogP contribution in [0.4, 0.5) is 5.13 Å². The lowest BCUT2D eigenvalue weighted by atomic mass is 9.85. The average molecular weight is 333 g/mol. The van der Waals surface area contributed by atoms with Crippen LogP contribution in [-0.2, 0) is 4.74 Å². The van der Waals surface area contributed by atoms with Crippen molar-refractivity contribution in [2.45, 2.75) is 38.4 Å². The molecule has 0 N–H and O–H groups in total. The third kappa shape index (κ3) is 3.00. The first kappa shape index (κ1) is 14.8. The Morgan fingerprint density at radius 3 is 2.96 bits per heavy atom. The van der Waals surface area contributed by atoms with Crippen molar-refractivity contribution in [3.05, 3.63) is 23.0 Å². The molecule has 4 heterocycles. The summed E-state index contributed by atoms with van der Waals surface area (Å²) in [7, 11) is 0. The van der Waals surface area contributed by atoms with Crippen LogP contribution in [0.2, 0.25) is 0 Å². The van der Waals surface area contributed by atoms with E-state index in [-0.39, 0.29) is 11.7 Å². The van der Waals surface area contributed by atoms with Gasteiger partial charge in [-0.1, -0.05) is 11.3 Å². The lowest BCUT2D eigenvalue weighted by molar-refractivity contribution is -0.127. The quantitative estimate of drug-likeness (QED) is 0.847. The topological polar surface area (TPSA) is 73.3 Å². The van der Waals surface area contributed by atoms with Crippen molar-refractivity contribution in [3.63, 3.8) is 0 Å². The minimum atomic E-state index is -0.133. The molecule has 2 aromatic rings. The molecular weight excluding hydrogens is 314 g/mol. The summed E-state index contributed by atoms with van der Waals surface area (Å²) in [5.74, 6) is 0. The first-order valence-corrected chi connectivity index (χ1v) is 8.59. The first-order valence-electron chi connectivity index (χ1n) is 7.77. The van der Waals surface area contributed by atoms with Gasteiger partial charge >= 0.3 is 6.01 Å². The summed E-state index contributed by atoms with van der Waals surface area (Å²) in [5.41, 5.74) is 0.782. The van der Waals surface area contributed by atoms with Crippen LogP contribution in [0.25, 0.3) is 0 Å². The van der Waals surface area contributed by atoms with Crippen LogP contribution in [0, 0.1) is 13.8 Å². The molecule has 2 aliphatic heterocycles. The van der Waals surface area contributed by atoms with E-state index in [4.69, 9.17) is 9.47 Å². The highest BCUT2D eigenvalue weighted by atomic mass is 32.1. The van der Waals surface area contributed by atoms with Crippen LogP contribution >= 0.6 is 11.3 Å². The Hall–Kier alpha value is -1.80. The molecule has 23 heavy (non-hydrogen) atoms. The van der Waals surface area contributed by atoms with Gasteiger partial charge in [0.25, 0.3) is 0 Å². The Bertz CT molecular complexity index is 701. The largest absolute Gasteiger partial charge is 0.460 e. The molecule has 4 rings (SSSR count). The van der Waals surface area contributed by atoms with Crippen LogP contribution in [0.3, 0.4) is 0 Å². The van der Waals surface area contributed by atoms with Crippen molar-refractivity contribution in [2.75, 3.05) is 24.6 Å². The molecule has 2 aliphatic rings. The first-order chi connectivity index (χ1) is 11.1. The maximum absolute atomic E-state index is 6.05. The average Bonchev–Trinajstić information content (AvgIpc) is 2.91. The zero-order chi connectivity index (χ0) is 15.9. The van der Waals surface area contributed by atoms with Crippen molar-refractivity contribution >= 4 is 16.5 Å². The fourth-order valence-corrected chi connectivity index (χ4v) is 3.82. The number of hydrogen-bond donors (Lipinski definition) is 0. The van der Waals surface area contributed by atoms with Crippen LogP contribution in [0.5, 0.6) is 6.01 Å². The number of aromatic nitrogens is 4. The highest BCUT2D eigenvalue weighted by Crippen LogP contribution is 2.38. The van der Waals surface area contributed by atoms with E-state index in [1.807, 2.05) is 19.9 Å². The van der Waals surface area contributed by atoms with Gasteiger partial charge in [0.1, 0.15) is 16.7 Å². The summed E-state index contributed by atoms with van der Waals surface area (Å²) in [6.45, 7) is 6.30. The number of rotatable bonds is 3. The van der Waals surface area contributed by atoms with Gasteiger partial charge in [0.15, 0.2) is 0 Å². The fourth-order valence-electron chi connectivity index (χ4n) is 3.13. The minimum absolute atomic E-state index is 0.101. The van der Waals surface area contributed by atoms with E-state index < -0.39 is 0 Å². The van der Waals surface area contributed by atoms with Gasteiger partial charge in [0.2, 0.25) is 5.13 Å². The van der Waals surface area contributed by atoms with Crippen molar-refractivity contribution in [2.24, 2.45) is 0 Å². The monoisotopic (exact) mass is 333 g/mol. The lowest BCUT2D eigenvalue weighted by Gasteiger charge is -2.52. The minimum Gasteiger partial charge on any atom is -0.460 e. The van der Waals surface area contributed by atoms with E-state index in [1.165, 1.54) is 0 Å². The van der Waals surface area contributed by atoms with E-state index in [2.05, 4.69) is 25.1 Å². The maximum atomic E-state index is 6.05. The van der Waals surface area contributed by atoms with Gasteiger partial charge in [0.05, 0.1) is 19.7 Å². The van der Waals surface area contributed by atoms with Crippen LogP contribution in [-0.4, -0.2) is 51.6 Å². The number of aryl methyl sites for hydroxylation is 2. The molecule has 0 aromatic carbocycles. The molecule has 2 fully saturated rings. The van der Waals surface area contributed by atoms with Crippen molar-refractivity contribution in [1.82, 2.24) is 20.2 Å². The number of nitrogens with zero attached hydrogens (tertiary/aromatic N) is 5. The Balaban J connectivity index is 1.38. The third-order valence-electron chi connectivity index (χ3n) is 4.24. The van der Waals surface area contributed by atoms with E-state index in [0.29, 0.717) is 12.6 Å². The Morgan fingerprint density at radius 1 is 1.35 bits per heavy atom. The third-order valence-corrected chi connectivity index (χ3v) is 5.14. The molecule has 0 aliphatic carbocycles. The highest BCUT2D eigenvalue weighted by molar-refractivity contribution is 7.15. The second-order valence-corrected chi connectivity index (χ2v) is 7.36. The summed E-state index contributed by atoms with van der Waals surface area (Å²) < 4.78 is 12.0. The molecule has 0 saturated carbocycles. The van der Waals surface area contributed by atoms with Gasteiger partial charge in [-0.3, -0.25) is 0 Å². The van der Waals surface area contributed by atoms with E-state index in [1.54, 1.807) is 17.5 Å². The van der Waals surface area contributed by atoms with Crippen molar-refractivity contribution in [1.29, 1.82) is 0 Å². The second-order valence-electron chi connectivity index (χ2n) is 6.20. The molecule has 7 nitrogen and oxygen atoms in total. The predicted molar refractivity (Wildman–Crippen MR) is 86.0 cm³/mol. The van der Waals surface area contributed by atoms with Gasteiger partial charge in [-0.05, 0) is 19.9 Å². The van der Waals surface area contributed by atoms with Crippen LogP contribution < -0.4 is 9.64 Å². The van der Waals surface area contributed by atoms with E-state index >= 15 is 0 Å². The Kier molecular flexibility index (Phi) is 3.65. The summed E-state index contributed by atoms with van der Waals surface area (Å²) in [6, 6.07) is 2.33. The summed E-state index contributed by atoms with van der Waals surface area (Å²) in [5, 5.41) is 10.2. The molecule has 0 amide bonds. The van der Waals surface area contributed by atoms with Crippen molar-refractivity contribution < 1.29 is 9.47 Å². The number of hydrogen-bond acceptors (Lipinski definition) is 8. The molecular formula is C15H19N5O2S. The molecule has 2 aromatic heterocycles. The molecule has 0 radical (unpaired) electrons. The van der Waals surface area contributed by atoms with Gasteiger partial charge < -0.3 is 14.4 Å². The smallest absolute Gasteiger partial charge is 0.316 e. The Labute approximate surface area is 138 Å². The van der Waals surface area contributed by atoms with E-state index in [0.717, 1.165) is 41.8 Å². The highest BCUT2D eigenvalue weighted by Gasteiger charge is 2.49. The summed E-state index contributed by atoms with van der Waals surface area (Å²) in [4.78, 5) is 10.7. The molecule has 122 valence electrons. The zero-order valence-corrected chi connectivity index (χ0v) is 14.0. The van der Waals surface area contributed by atoms with E-state index in [9.17, 15) is 0 Å². The SMILES string of the molecule is Cc1ccnc(O[C@H]2CCOC3(C2)CN(c2nnc(C)s2)C3)n1.